The molecule has 0 fully saturated rings. The van der Waals surface area contributed by atoms with Crippen LogP contribution in [0.4, 0.5) is 5.82 Å². The second kappa shape index (κ2) is 6.16. The summed E-state index contributed by atoms with van der Waals surface area (Å²) in [5.74, 6) is -0.526. The Labute approximate surface area is 149 Å². The van der Waals surface area contributed by atoms with Crippen molar-refractivity contribution in [1.82, 2.24) is 5.16 Å². The van der Waals surface area contributed by atoms with Gasteiger partial charge in [-0.05, 0) is 50.2 Å². The molecule has 0 radical (unpaired) electrons. The second-order valence-corrected chi connectivity index (χ2v) is 8.88. The van der Waals surface area contributed by atoms with E-state index in [1.54, 1.807) is 24.3 Å². The van der Waals surface area contributed by atoms with E-state index >= 15 is 0 Å². The number of anilines is 1. The van der Waals surface area contributed by atoms with E-state index in [0.717, 1.165) is 0 Å². The molecule has 6 nitrogen and oxygen atoms in total. The standard InChI is InChI=1S/C17H15ClN2O4S/c1-17(2,25(22,23)12-9-7-11(18)8-10-12)16(21)19-15-13-5-3-4-6-14(13)24-20-15/h3-10H,1-2H3,(H,19,20,21). The smallest absolute Gasteiger partial charge is 0.246 e. The summed E-state index contributed by atoms with van der Waals surface area (Å²) in [4.78, 5) is 12.7. The van der Waals surface area contributed by atoms with Crippen molar-refractivity contribution in [2.75, 3.05) is 5.32 Å². The third-order valence-corrected chi connectivity index (χ3v) is 6.63. The Balaban J connectivity index is 1.93. The average molecular weight is 379 g/mol. The van der Waals surface area contributed by atoms with E-state index in [1.807, 2.05) is 0 Å². The van der Waals surface area contributed by atoms with Crippen LogP contribution in [-0.2, 0) is 14.6 Å². The first-order valence-electron chi connectivity index (χ1n) is 7.39. The van der Waals surface area contributed by atoms with Gasteiger partial charge < -0.3 is 9.84 Å². The van der Waals surface area contributed by atoms with Gasteiger partial charge in [0.1, 0.15) is 4.75 Å². The van der Waals surface area contributed by atoms with Crippen LogP contribution in [0.2, 0.25) is 5.02 Å². The zero-order valence-corrected chi connectivity index (χ0v) is 15.1. The maximum absolute atomic E-state index is 12.9. The molecule has 0 bridgehead atoms. The number of nitrogens with one attached hydrogen (secondary N) is 1. The minimum Gasteiger partial charge on any atom is -0.354 e. The van der Waals surface area contributed by atoms with Gasteiger partial charge in [0.15, 0.2) is 21.2 Å². The highest BCUT2D eigenvalue weighted by molar-refractivity contribution is 7.93. The Kier molecular flexibility index (Phi) is 4.30. The summed E-state index contributed by atoms with van der Waals surface area (Å²) in [6.45, 7) is 2.68. The van der Waals surface area contributed by atoms with Crippen LogP contribution in [0.25, 0.3) is 11.0 Å². The lowest BCUT2D eigenvalue weighted by atomic mass is 10.2. The number of aromatic nitrogens is 1. The Morgan fingerprint density at radius 3 is 2.44 bits per heavy atom. The third kappa shape index (κ3) is 3.01. The second-order valence-electron chi connectivity index (χ2n) is 5.95. The third-order valence-electron chi connectivity index (χ3n) is 3.95. The topological polar surface area (TPSA) is 89.3 Å². The van der Waals surface area contributed by atoms with E-state index in [2.05, 4.69) is 10.5 Å². The number of nitrogens with zero attached hydrogens (tertiary/aromatic N) is 1. The van der Waals surface area contributed by atoms with Crippen molar-refractivity contribution < 1.29 is 17.7 Å². The molecule has 130 valence electrons. The molecule has 1 heterocycles. The van der Waals surface area contributed by atoms with Gasteiger partial charge in [0.25, 0.3) is 0 Å². The first-order chi connectivity index (χ1) is 11.7. The molecule has 0 unspecified atom stereocenters. The normalized spacial score (nSPS) is 12.3. The number of hydrogen-bond acceptors (Lipinski definition) is 5. The van der Waals surface area contributed by atoms with E-state index in [4.69, 9.17) is 16.1 Å². The van der Waals surface area contributed by atoms with E-state index in [-0.39, 0.29) is 10.7 Å². The maximum Gasteiger partial charge on any atom is 0.246 e. The predicted octanol–water partition coefficient (Wildman–Crippen LogP) is 3.67. The highest BCUT2D eigenvalue weighted by Gasteiger charge is 2.43. The fraction of sp³-hybridized carbons (Fsp3) is 0.176. The number of amides is 1. The molecule has 2 aromatic carbocycles. The first kappa shape index (κ1) is 17.4. The van der Waals surface area contributed by atoms with Crippen LogP contribution in [0.1, 0.15) is 13.8 Å². The number of benzene rings is 2. The average Bonchev–Trinajstić information content (AvgIpc) is 2.98. The largest absolute Gasteiger partial charge is 0.354 e. The fourth-order valence-electron chi connectivity index (χ4n) is 2.26. The number of carbonyl (C=O) groups is 1. The van der Waals surface area contributed by atoms with Gasteiger partial charge in [-0.2, -0.15) is 0 Å². The summed E-state index contributed by atoms with van der Waals surface area (Å²) in [6, 6.07) is 12.6. The molecule has 1 aromatic heterocycles. The number of carbonyl (C=O) groups excluding carboxylic acids is 1. The molecule has 1 amide bonds. The number of fused-ring (bicyclic) bond motifs is 1. The number of rotatable bonds is 4. The van der Waals surface area contributed by atoms with Gasteiger partial charge in [-0.15, -0.1) is 0 Å². The van der Waals surface area contributed by atoms with Crippen molar-refractivity contribution in [3.8, 4) is 0 Å². The lowest BCUT2D eigenvalue weighted by Crippen LogP contribution is -2.44. The molecule has 0 aliphatic heterocycles. The quantitative estimate of drug-likeness (QED) is 0.748. The number of halogens is 1. The lowest BCUT2D eigenvalue weighted by molar-refractivity contribution is -0.117. The van der Waals surface area contributed by atoms with Gasteiger partial charge >= 0.3 is 0 Å². The Bertz CT molecular complexity index is 1040. The minimum absolute atomic E-state index is 0.0158. The van der Waals surface area contributed by atoms with E-state index in [1.165, 1.54) is 38.1 Å². The molecular formula is C17H15ClN2O4S. The zero-order valence-electron chi connectivity index (χ0n) is 13.5. The molecule has 0 aliphatic rings. The Morgan fingerprint density at radius 2 is 1.76 bits per heavy atom. The molecule has 0 saturated heterocycles. The van der Waals surface area contributed by atoms with Crippen LogP contribution in [0, 0.1) is 0 Å². The van der Waals surface area contributed by atoms with Gasteiger partial charge in [-0.1, -0.05) is 28.9 Å². The van der Waals surface area contributed by atoms with Gasteiger partial charge in [0.2, 0.25) is 5.91 Å². The van der Waals surface area contributed by atoms with Gasteiger partial charge in [0.05, 0.1) is 10.3 Å². The predicted molar refractivity (Wildman–Crippen MR) is 95.4 cm³/mol. The van der Waals surface area contributed by atoms with E-state index in [9.17, 15) is 13.2 Å². The number of para-hydroxylation sites is 1. The van der Waals surface area contributed by atoms with Gasteiger partial charge in [-0.3, -0.25) is 4.79 Å². The molecule has 0 aliphatic carbocycles. The summed E-state index contributed by atoms with van der Waals surface area (Å²) >= 11 is 5.80. The summed E-state index contributed by atoms with van der Waals surface area (Å²) in [6.07, 6.45) is 0. The molecule has 0 spiro atoms. The highest BCUT2D eigenvalue weighted by atomic mass is 35.5. The van der Waals surface area contributed by atoms with Crippen LogP contribution in [0.3, 0.4) is 0 Å². The van der Waals surface area contributed by atoms with Crippen molar-refractivity contribution in [3.63, 3.8) is 0 Å². The maximum atomic E-state index is 12.9. The SMILES string of the molecule is CC(C)(C(=O)Nc1noc2ccccc12)S(=O)(=O)c1ccc(Cl)cc1. The van der Waals surface area contributed by atoms with E-state index < -0.39 is 20.5 Å². The van der Waals surface area contributed by atoms with Crippen LogP contribution in [0.15, 0.2) is 57.9 Å². The fourth-order valence-corrected chi connectivity index (χ4v) is 3.77. The van der Waals surface area contributed by atoms with Crippen LogP contribution >= 0.6 is 11.6 Å². The van der Waals surface area contributed by atoms with Crippen molar-refractivity contribution in [2.45, 2.75) is 23.5 Å². The lowest BCUT2D eigenvalue weighted by Gasteiger charge is -2.23. The number of hydrogen-bond donors (Lipinski definition) is 1. The van der Waals surface area contributed by atoms with Crippen molar-refractivity contribution in [3.05, 3.63) is 53.6 Å². The van der Waals surface area contributed by atoms with Crippen molar-refractivity contribution in [1.29, 1.82) is 0 Å². The van der Waals surface area contributed by atoms with Crippen LogP contribution in [0.5, 0.6) is 0 Å². The van der Waals surface area contributed by atoms with Crippen molar-refractivity contribution in [2.24, 2.45) is 0 Å². The van der Waals surface area contributed by atoms with Crippen molar-refractivity contribution >= 4 is 44.1 Å². The summed E-state index contributed by atoms with van der Waals surface area (Å²) < 4.78 is 29.1. The summed E-state index contributed by atoms with van der Waals surface area (Å²) in [5.41, 5.74) is 0.496. The number of sulfone groups is 1. The van der Waals surface area contributed by atoms with Crippen LogP contribution in [-0.4, -0.2) is 24.2 Å². The van der Waals surface area contributed by atoms with Crippen LogP contribution < -0.4 is 5.32 Å². The molecule has 0 saturated carbocycles. The first-order valence-corrected chi connectivity index (χ1v) is 9.25. The van der Waals surface area contributed by atoms with E-state index in [0.29, 0.717) is 16.0 Å². The molecule has 8 heteroatoms. The molecule has 0 atom stereocenters. The Morgan fingerprint density at radius 1 is 1.12 bits per heavy atom. The zero-order chi connectivity index (χ0) is 18.2. The molecule has 1 N–H and O–H groups in total. The molecule has 25 heavy (non-hydrogen) atoms. The molecule has 3 rings (SSSR count). The Hall–Kier alpha value is -2.38. The highest BCUT2D eigenvalue weighted by Crippen LogP contribution is 2.29. The summed E-state index contributed by atoms with van der Waals surface area (Å²) in [7, 11) is -3.94. The summed E-state index contributed by atoms with van der Waals surface area (Å²) in [5, 5.41) is 7.34. The molecule has 3 aromatic rings. The molecular weight excluding hydrogens is 364 g/mol. The monoisotopic (exact) mass is 378 g/mol. The minimum atomic E-state index is -3.94. The van der Waals surface area contributed by atoms with Gasteiger partial charge in [0, 0.05) is 5.02 Å². The van der Waals surface area contributed by atoms with Gasteiger partial charge in [-0.25, -0.2) is 8.42 Å².